The molecule has 1 atom stereocenters. The molecule has 0 radical (unpaired) electrons. The van der Waals surface area contributed by atoms with E-state index in [1.54, 1.807) is 6.08 Å². The first-order valence-corrected chi connectivity index (χ1v) is 4.99. The van der Waals surface area contributed by atoms with Crippen LogP contribution in [0.2, 0.25) is 0 Å². The van der Waals surface area contributed by atoms with Crippen LogP contribution in [0.25, 0.3) is 0 Å². The van der Waals surface area contributed by atoms with Gasteiger partial charge in [-0.3, -0.25) is 4.79 Å². The molecule has 0 fully saturated rings. The molecule has 0 aliphatic carbocycles. The minimum atomic E-state index is -0.0738. The maximum Gasteiger partial charge on any atom is 0.308 e. The van der Waals surface area contributed by atoms with Gasteiger partial charge in [-0.25, -0.2) is 0 Å². The highest BCUT2D eigenvalue weighted by atomic mass is 16.5. The van der Waals surface area contributed by atoms with Crippen LogP contribution in [0.1, 0.15) is 39.5 Å². The van der Waals surface area contributed by atoms with Crippen LogP contribution in [0.5, 0.6) is 0 Å². The van der Waals surface area contributed by atoms with Crippen LogP contribution in [-0.2, 0) is 9.53 Å². The molecule has 0 N–H and O–H groups in total. The summed E-state index contributed by atoms with van der Waals surface area (Å²) >= 11 is 0. The number of hydrogen-bond acceptors (Lipinski definition) is 2. The molecule has 0 saturated carbocycles. The van der Waals surface area contributed by atoms with Gasteiger partial charge in [0.05, 0.1) is 12.5 Å². The van der Waals surface area contributed by atoms with Crippen LogP contribution in [0.4, 0.5) is 0 Å². The van der Waals surface area contributed by atoms with Gasteiger partial charge in [-0.2, -0.15) is 0 Å². The number of carbonyl (C=O) groups excluding carboxylic acids is 1. The number of ether oxygens (including phenoxy) is 1. The molecular weight excluding hydrogens is 164 g/mol. The standard InChI is InChI=1S/C11H20O2/c1-4-6-8-10(3)11(12)13-9-7-5-2/h5,10H,2,4,6-9H2,1,3H3. The molecule has 0 aliphatic rings. The van der Waals surface area contributed by atoms with Crippen molar-refractivity contribution in [2.75, 3.05) is 6.61 Å². The Morgan fingerprint density at radius 1 is 1.62 bits per heavy atom. The van der Waals surface area contributed by atoms with E-state index < -0.39 is 0 Å². The Balaban J connectivity index is 3.50. The first kappa shape index (κ1) is 12.2. The summed E-state index contributed by atoms with van der Waals surface area (Å²) in [4.78, 5) is 11.3. The Labute approximate surface area is 81.0 Å². The summed E-state index contributed by atoms with van der Waals surface area (Å²) < 4.78 is 5.03. The van der Waals surface area contributed by atoms with Gasteiger partial charge in [-0.1, -0.05) is 32.8 Å². The molecule has 13 heavy (non-hydrogen) atoms. The van der Waals surface area contributed by atoms with Gasteiger partial charge < -0.3 is 4.74 Å². The van der Waals surface area contributed by atoms with Gasteiger partial charge in [0, 0.05) is 0 Å². The van der Waals surface area contributed by atoms with Crippen LogP contribution in [0.15, 0.2) is 12.7 Å². The SMILES string of the molecule is C=CCCOC(=O)C(C)CCCC. The molecule has 0 bridgehead atoms. The Hall–Kier alpha value is -0.790. The molecule has 0 heterocycles. The van der Waals surface area contributed by atoms with Gasteiger partial charge in [0.1, 0.15) is 0 Å². The average molecular weight is 184 g/mol. The zero-order valence-electron chi connectivity index (χ0n) is 8.71. The zero-order valence-corrected chi connectivity index (χ0v) is 8.71. The second-order valence-corrected chi connectivity index (χ2v) is 3.29. The summed E-state index contributed by atoms with van der Waals surface area (Å²) in [5, 5.41) is 0. The minimum Gasteiger partial charge on any atom is -0.465 e. The summed E-state index contributed by atoms with van der Waals surface area (Å²) in [6.07, 6.45) is 5.65. The van der Waals surface area contributed by atoms with E-state index in [-0.39, 0.29) is 11.9 Å². The lowest BCUT2D eigenvalue weighted by atomic mass is 10.1. The molecule has 0 saturated heterocycles. The molecule has 76 valence electrons. The molecule has 0 amide bonds. The largest absolute Gasteiger partial charge is 0.465 e. The summed E-state index contributed by atoms with van der Waals surface area (Å²) in [6.45, 7) is 8.08. The highest BCUT2D eigenvalue weighted by Gasteiger charge is 2.12. The van der Waals surface area contributed by atoms with Crippen molar-refractivity contribution < 1.29 is 9.53 Å². The first-order valence-electron chi connectivity index (χ1n) is 4.99. The highest BCUT2D eigenvalue weighted by molar-refractivity contribution is 5.71. The fourth-order valence-electron chi connectivity index (χ4n) is 1.01. The third-order valence-electron chi connectivity index (χ3n) is 1.96. The smallest absolute Gasteiger partial charge is 0.308 e. The fraction of sp³-hybridized carbons (Fsp3) is 0.727. The van der Waals surface area contributed by atoms with E-state index >= 15 is 0 Å². The first-order chi connectivity index (χ1) is 6.22. The summed E-state index contributed by atoms with van der Waals surface area (Å²) in [6, 6.07) is 0. The van der Waals surface area contributed by atoms with Gasteiger partial charge in [0.25, 0.3) is 0 Å². The van der Waals surface area contributed by atoms with Gasteiger partial charge in [0.2, 0.25) is 0 Å². The lowest BCUT2D eigenvalue weighted by Crippen LogP contribution is -2.15. The number of unbranched alkanes of at least 4 members (excludes halogenated alkanes) is 1. The third-order valence-corrected chi connectivity index (χ3v) is 1.96. The van der Waals surface area contributed by atoms with Gasteiger partial charge in [-0.05, 0) is 12.8 Å². The normalized spacial score (nSPS) is 12.2. The van der Waals surface area contributed by atoms with Gasteiger partial charge in [-0.15, -0.1) is 6.58 Å². The maximum absolute atomic E-state index is 11.3. The van der Waals surface area contributed by atoms with Crippen molar-refractivity contribution in [2.24, 2.45) is 5.92 Å². The summed E-state index contributed by atoms with van der Waals surface area (Å²) in [5.74, 6) is -0.0277. The second-order valence-electron chi connectivity index (χ2n) is 3.29. The fourth-order valence-corrected chi connectivity index (χ4v) is 1.01. The predicted octanol–water partition coefficient (Wildman–Crippen LogP) is 2.93. The molecule has 2 heteroatoms. The number of hydrogen-bond donors (Lipinski definition) is 0. The van der Waals surface area contributed by atoms with Crippen molar-refractivity contribution in [3.8, 4) is 0 Å². The number of carbonyl (C=O) groups is 1. The van der Waals surface area contributed by atoms with E-state index in [9.17, 15) is 4.79 Å². The Morgan fingerprint density at radius 3 is 2.85 bits per heavy atom. The van der Waals surface area contributed by atoms with Gasteiger partial charge in [0.15, 0.2) is 0 Å². The minimum absolute atomic E-state index is 0.0461. The van der Waals surface area contributed by atoms with Crippen LogP contribution in [0.3, 0.4) is 0 Å². The Bertz CT molecular complexity index is 152. The number of rotatable bonds is 7. The number of esters is 1. The molecule has 2 nitrogen and oxygen atoms in total. The Morgan fingerprint density at radius 2 is 2.31 bits per heavy atom. The lowest BCUT2D eigenvalue weighted by Gasteiger charge is -2.09. The van der Waals surface area contributed by atoms with E-state index in [1.165, 1.54) is 0 Å². The average Bonchev–Trinajstić information content (AvgIpc) is 2.14. The molecule has 0 aromatic carbocycles. The van der Waals surface area contributed by atoms with E-state index in [0.717, 1.165) is 25.7 Å². The van der Waals surface area contributed by atoms with Crippen LogP contribution in [0, 0.1) is 5.92 Å². The van der Waals surface area contributed by atoms with Gasteiger partial charge >= 0.3 is 5.97 Å². The van der Waals surface area contributed by atoms with Crippen LogP contribution in [-0.4, -0.2) is 12.6 Å². The van der Waals surface area contributed by atoms with E-state index in [4.69, 9.17) is 4.74 Å². The van der Waals surface area contributed by atoms with Crippen molar-refractivity contribution in [3.63, 3.8) is 0 Å². The summed E-state index contributed by atoms with van der Waals surface area (Å²) in [7, 11) is 0. The molecular formula is C11H20O2. The van der Waals surface area contributed by atoms with Crippen molar-refractivity contribution >= 4 is 5.97 Å². The van der Waals surface area contributed by atoms with Crippen LogP contribution < -0.4 is 0 Å². The molecule has 0 spiro atoms. The topological polar surface area (TPSA) is 26.3 Å². The highest BCUT2D eigenvalue weighted by Crippen LogP contribution is 2.09. The predicted molar refractivity (Wildman–Crippen MR) is 54.5 cm³/mol. The quantitative estimate of drug-likeness (QED) is 0.345. The molecule has 0 aromatic rings. The summed E-state index contributed by atoms with van der Waals surface area (Å²) in [5.41, 5.74) is 0. The Kier molecular flexibility index (Phi) is 7.36. The monoisotopic (exact) mass is 184 g/mol. The van der Waals surface area contributed by atoms with E-state index in [1.807, 2.05) is 6.92 Å². The lowest BCUT2D eigenvalue weighted by molar-refractivity contribution is -0.148. The second kappa shape index (κ2) is 7.84. The molecule has 0 aliphatic heterocycles. The maximum atomic E-state index is 11.3. The third kappa shape index (κ3) is 6.38. The van der Waals surface area contributed by atoms with E-state index in [0.29, 0.717) is 6.61 Å². The van der Waals surface area contributed by atoms with Crippen molar-refractivity contribution in [2.45, 2.75) is 39.5 Å². The van der Waals surface area contributed by atoms with Crippen molar-refractivity contribution in [1.82, 2.24) is 0 Å². The zero-order chi connectivity index (χ0) is 10.1. The molecule has 1 unspecified atom stereocenters. The van der Waals surface area contributed by atoms with Crippen molar-refractivity contribution in [3.05, 3.63) is 12.7 Å². The van der Waals surface area contributed by atoms with Crippen LogP contribution >= 0.6 is 0 Å². The van der Waals surface area contributed by atoms with Crippen molar-refractivity contribution in [1.29, 1.82) is 0 Å². The molecule has 0 rings (SSSR count). The molecule has 0 aromatic heterocycles. The van der Waals surface area contributed by atoms with E-state index in [2.05, 4.69) is 13.5 Å².